The summed E-state index contributed by atoms with van der Waals surface area (Å²) >= 11 is 0. The minimum absolute atomic E-state index is 0.0643. The number of carboxylic acids is 1. The summed E-state index contributed by atoms with van der Waals surface area (Å²) in [5.74, 6) is -0.681. The highest BCUT2D eigenvalue weighted by Gasteiger charge is 2.20. The normalized spacial score (nSPS) is 13.6. The summed E-state index contributed by atoms with van der Waals surface area (Å²) < 4.78 is 16.4. The van der Waals surface area contributed by atoms with Crippen molar-refractivity contribution in [2.75, 3.05) is 0 Å². The van der Waals surface area contributed by atoms with Crippen LogP contribution in [0.1, 0.15) is 45.8 Å². The molecule has 0 atom stereocenters. The Morgan fingerprint density at radius 1 is 1.12 bits per heavy atom. The highest BCUT2D eigenvalue weighted by molar-refractivity contribution is 5.86. The van der Waals surface area contributed by atoms with E-state index in [0.29, 0.717) is 17.1 Å². The van der Waals surface area contributed by atoms with Crippen molar-refractivity contribution in [3.8, 4) is 5.75 Å². The predicted molar refractivity (Wildman–Crippen MR) is 91.2 cm³/mol. The average molecular weight is 353 g/mol. The average Bonchev–Trinajstić information content (AvgIpc) is 3.11. The molecule has 6 heteroatoms. The smallest absolute Gasteiger partial charge is 0.339 e. The van der Waals surface area contributed by atoms with Crippen LogP contribution in [0.25, 0.3) is 11.0 Å². The highest BCUT2D eigenvalue weighted by Crippen LogP contribution is 2.32. The van der Waals surface area contributed by atoms with Gasteiger partial charge in [-0.2, -0.15) is 0 Å². The lowest BCUT2D eigenvalue weighted by Crippen LogP contribution is -2.21. The van der Waals surface area contributed by atoms with Crippen molar-refractivity contribution in [2.45, 2.75) is 39.2 Å². The third-order valence-corrected chi connectivity index (χ3v) is 4.82. The lowest BCUT2D eigenvalue weighted by Gasteiger charge is -2.17. The molecule has 0 spiro atoms. The van der Waals surface area contributed by atoms with E-state index >= 15 is 0 Å². The summed E-state index contributed by atoms with van der Waals surface area (Å²) in [5.41, 5.74) is 2.89. The van der Waals surface area contributed by atoms with Crippen LogP contribution in [0.4, 0.5) is 0 Å². The van der Waals surface area contributed by atoms with Gasteiger partial charge < -0.3 is 23.5 Å². The van der Waals surface area contributed by atoms with Gasteiger partial charge in [-0.1, -0.05) is 0 Å². The van der Waals surface area contributed by atoms with Gasteiger partial charge in [-0.15, -0.1) is 0 Å². The van der Waals surface area contributed by atoms with Gasteiger partial charge in [-0.05, 0) is 62.4 Å². The van der Waals surface area contributed by atoms with Crippen molar-refractivity contribution in [2.24, 2.45) is 0 Å². The molecule has 1 aliphatic rings. The molecule has 0 fully saturated rings. The minimum atomic E-state index is -1.37. The van der Waals surface area contributed by atoms with Crippen LogP contribution >= 0.6 is 0 Å². The van der Waals surface area contributed by atoms with E-state index in [0.717, 1.165) is 47.8 Å². The highest BCUT2D eigenvalue weighted by atomic mass is 16.5. The number of rotatable bonds is 4. The molecule has 4 rings (SSSR count). The van der Waals surface area contributed by atoms with Gasteiger partial charge in [0.15, 0.2) is 0 Å². The van der Waals surface area contributed by atoms with Gasteiger partial charge in [-0.25, -0.2) is 4.79 Å². The number of benzene rings is 1. The zero-order valence-electron chi connectivity index (χ0n) is 14.3. The van der Waals surface area contributed by atoms with Gasteiger partial charge in [0.25, 0.3) is 0 Å². The molecule has 1 aliphatic carbocycles. The molecule has 0 radical (unpaired) electrons. The first-order valence-electron chi connectivity index (χ1n) is 8.55. The van der Waals surface area contributed by atoms with Crippen molar-refractivity contribution in [3.63, 3.8) is 0 Å². The standard InChI is InChI=1S/C20H18O6/c1-11-16(24-10-12-6-8-17(25-12)19(21)22)9-7-14-13-4-2-3-5-15(13)20(23)26-18(11)14/h6-9H,2-5,10H2,1H3,(H,21,22)/p-1. The molecule has 2 aromatic heterocycles. The molecule has 6 nitrogen and oxygen atoms in total. The van der Waals surface area contributed by atoms with E-state index in [2.05, 4.69) is 0 Å². The molecule has 3 aromatic rings. The summed E-state index contributed by atoms with van der Waals surface area (Å²) in [6.07, 6.45) is 3.74. The number of ether oxygens (including phenoxy) is 1. The molecule has 26 heavy (non-hydrogen) atoms. The number of hydrogen-bond acceptors (Lipinski definition) is 6. The Morgan fingerprint density at radius 2 is 1.88 bits per heavy atom. The van der Waals surface area contributed by atoms with Crippen LogP contribution < -0.4 is 15.5 Å². The minimum Gasteiger partial charge on any atom is -0.542 e. The Hall–Kier alpha value is -3.02. The topological polar surface area (TPSA) is 92.7 Å². The lowest BCUT2D eigenvalue weighted by molar-refractivity contribution is -0.257. The van der Waals surface area contributed by atoms with Crippen LogP contribution in [0, 0.1) is 6.92 Å². The summed E-state index contributed by atoms with van der Waals surface area (Å²) in [6.45, 7) is 1.90. The monoisotopic (exact) mass is 353 g/mol. The first-order chi connectivity index (χ1) is 12.5. The molecule has 1 aromatic carbocycles. The Morgan fingerprint density at radius 3 is 2.62 bits per heavy atom. The summed E-state index contributed by atoms with van der Waals surface area (Å²) in [4.78, 5) is 23.1. The SMILES string of the molecule is Cc1c(OCc2ccc(C(=O)[O-])o2)ccc2c3c(c(=O)oc12)CCCC3. The maximum absolute atomic E-state index is 12.3. The zero-order valence-corrected chi connectivity index (χ0v) is 14.3. The van der Waals surface area contributed by atoms with Gasteiger partial charge in [0.2, 0.25) is 0 Å². The second-order valence-corrected chi connectivity index (χ2v) is 6.46. The molecule has 134 valence electrons. The first kappa shape index (κ1) is 16.4. The van der Waals surface area contributed by atoms with Crippen LogP contribution in [-0.4, -0.2) is 5.97 Å². The molecular weight excluding hydrogens is 336 g/mol. The number of carbonyl (C=O) groups excluding carboxylic acids is 1. The Labute approximate surface area is 149 Å². The van der Waals surface area contributed by atoms with Crippen molar-refractivity contribution < 1.29 is 23.5 Å². The van der Waals surface area contributed by atoms with Crippen LogP contribution in [-0.2, 0) is 19.4 Å². The van der Waals surface area contributed by atoms with Crippen LogP contribution in [0.3, 0.4) is 0 Å². The fourth-order valence-electron chi connectivity index (χ4n) is 3.50. The van der Waals surface area contributed by atoms with E-state index in [4.69, 9.17) is 13.6 Å². The number of aryl methyl sites for hydroxylation is 2. The Kier molecular flexibility index (Phi) is 4.03. The van der Waals surface area contributed by atoms with Gasteiger partial charge in [0.1, 0.15) is 35.4 Å². The van der Waals surface area contributed by atoms with Crippen LogP contribution in [0.15, 0.2) is 37.9 Å². The number of aromatic carboxylic acids is 1. The third kappa shape index (κ3) is 2.77. The fourth-order valence-corrected chi connectivity index (χ4v) is 3.50. The van der Waals surface area contributed by atoms with E-state index in [9.17, 15) is 14.7 Å². The maximum atomic E-state index is 12.3. The number of furan rings is 1. The van der Waals surface area contributed by atoms with E-state index < -0.39 is 5.97 Å². The van der Waals surface area contributed by atoms with Crippen molar-refractivity contribution in [1.82, 2.24) is 0 Å². The quantitative estimate of drug-likeness (QED) is 0.669. The van der Waals surface area contributed by atoms with E-state index in [1.807, 2.05) is 19.1 Å². The number of fused-ring (bicyclic) bond motifs is 3. The molecule has 2 heterocycles. The summed E-state index contributed by atoms with van der Waals surface area (Å²) in [6, 6.07) is 6.61. The second-order valence-electron chi connectivity index (χ2n) is 6.46. The summed E-state index contributed by atoms with van der Waals surface area (Å²) in [7, 11) is 0. The Balaban J connectivity index is 1.67. The van der Waals surface area contributed by atoms with Gasteiger partial charge in [0, 0.05) is 16.5 Å². The van der Waals surface area contributed by atoms with Crippen molar-refractivity contribution in [1.29, 1.82) is 0 Å². The predicted octanol–water partition coefficient (Wildman–Crippen LogP) is 2.52. The largest absolute Gasteiger partial charge is 0.542 e. The molecule has 0 saturated carbocycles. The van der Waals surface area contributed by atoms with Gasteiger partial charge in [0.05, 0.1) is 0 Å². The number of carbonyl (C=O) groups is 1. The van der Waals surface area contributed by atoms with Crippen molar-refractivity contribution >= 4 is 16.9 Å². The number of carboxylic acid groups (broad SMARTS) is 1. The molecule has 0 amide bonds. The second kappa shape index (κ2) is 6.37. The van der Waals surface area contributed by atoms with Crippen LogP contribution in [0.2, 0.25) is 0 Å². The summed E-state index contributed by atoms with van der Waals surface area (Å²) in [5, 5.41) is 11.7. The fraction of sp³-hybridized carbons (Fsp3) is 0.300. The van der Waals surface area contributed by atoms with Gasteiger partial charge >= 0.3 is 5.63 Å². The third-order valence-electron chi connectivity index (χ3n) is 4.82. The van der Waals surface area contributed by atoms with Crippen molar-refractivity contribution in [3.05, 3.63) is 62.9 Å². The van der Waals surface area contributed by atoms with E-state index in [1.54, 1.807) is 0 Å². The number of hydrogen-bond donors (Lipinski definition) is 0. The molecule has 0 saturated heterocycles. The molecule has 0 N–H and O–H groups in total. The lowest BCUT2D eigenvalue weighted by atomic mass is 9.90. The van der Waals surface area contributed by atoms with E-state index in [1.165, 1.54) is 12.1 Å². The molecule has 0 unspecified atom stereocenters. The first-order valence-corrected chi connectivity index (χ1v) is 8.55. The maximum Gasteiger partial charge on any atom is 0.339 e. The molecular formula is C20H17O6-. The van der Waals surface area contributed by atoms with Crippen LogP contribution in [0.5, 0.6) is 5.75 Å². The van der Waals surface area contributed by atoms with Gasteiger partial charge in [-0.3, -0.25) is 0 Å². The molecule has 0 aliphatic heterocycles. The van der Waals surface area contributed by atoms with E-state index in [-0.39, 0.29) is 18.0 Å². The molecule has 0 bridgehead atoms. The Bertz CT molecular complexity index is 1060. The zero-order chi connectivity index (χ0) is 18.3.